The molecular formula is C14H27N3. The lowest BCUT2D eigenvalue weighted by Gasteiger charge is -2.30. The Kier molecular flexibility index (Phi) is 5.94. The van der Waals surface area contributed by atoms with E-state index in [-0.39, 0.29) is 0 Å². The highest BCUT2D eigenvalue weighted by atomic mass is 15.2. The van der Waals surface area contributed by atoms with Crippen molar-refractivity contribution in [1.29, 1.82) is 5.26 Å². The van der Waals surface area contributed by atoms with Crippen LogP contribution in [-0.4, -0.2) is 48.6 Å². The Labute approximate surface area is 106 Å². The van der Waals surface area contributed by atoms with Crippen molar-refractivity contribution in [3.05, 3.63) is 0 Å². The highest BCUT2D eigenvalue weighted by Gasteiger charge is 2.26. The van der Waals surface area contributed by atoms with Crippen LogP contribution in [0.2, 0.25) is 0 Å². The molecule has 1 heterocycles. The summed E-state index contributed by atoms with van der Waals surface area (Å²) in [5.41, 5.74) is 0. The van der Waals surface area contributed by atoms with E-state index in [9.17, 15) is 0 Å². The maximum absolute atomic E-state index is 8.92. The zero-order chi connectivity index (χ0) is 12.8. The van der Waals surface area contributed by atoms with Gasteiger partial charge in [-0.05, 0) is 45.8 Å². The molecule has 1 rings (SSSR count). The van der Waals surface area contributed by atoms with Gasteiger partial charge in [0, 0.05) is 18.6 Å². The van der Waals surface area contributed by atoms with Crippen LogP contribution in [0, 0.1) is 17.2 Å². The molecule has 0 aromatic carbocycles. The van der Waals surface area contributed by atoms with Crippen LogP contribution in [0.1, 0.15) is 40.0 Å². The van der Waals surface area contributed by atoms with Gasteiger partial charge in [0.05, 0.1) is 12.5 Å². The normalized spacial score (nSPS) is 28.0. The van der Waals surface area contributed by atoms with Gasteiger partial charge in [0.1, 0.15) is 0 Å². The number of rotatable bonds is 4. The highest BCUT2D eigenvalue weighted by molar-refractivity contribution is 4.88. The quantitative estimate of drug-likeness (QED) is 0.752. The molecule has 0 aromatic rings. The van der Waals surface area contributed by atoms with E-state index in [4.69, 9.17) is 5.26 Å². The predicted octanol–water partition coefficient (Wildman–Crippen LogP) is 2.34. The molecular weight excluding hydrogens is 210 g/mol. The molecule has 0 amide bonds. The van der Waals surface area contributed by atoms with Crippen LogP contribution >= 0.6 is 0 Å². The second-order valence-corrected chi connectivity index (χ2v) is 5.80. The highest BCUT2D eigenvalue weighted by Crippen LogP contribution is 2.17. The van der Waals surface area contributed by atoms with Gasteiger partial charge in [-0.2, -0.15) is 5.26 Å². The molecule has 17 heavy (non-hydrogen) atoms. The molecule has 2 atom stereocenters. The Morgan fingerprint density at radius 1 is 1.41 bits per heavy atom. The van der Waals surface area contributed by atoms with E-state index in [1.54, 1.807) is 0 Å². The first-order valence-electron chi connectivity index (χ1n) is 6.85. The van der Waals surface area contributed by atoms with Crippen molar-refractivity contribution in [2.45, 2.75) is 52.1 Å². The molecule has 0 saturated carbocycles. The fourth-order valence-corrected chi connectivity index (χ4v) is 2.41. The summed E-state index contributed by atoms with van der Waals surface area (Å²) in [4.78, 5) is 4.93. The molecule has 2 unspecified atom stereocenters. The predicted molar refractivity (Wildman–Crippen MR) is 71.8 cm³/mol. The molecule has 0 N–H and O–H groups in total. The maximum atomic E-state index is 8.92. The summed E-state index contributed by atoms with van der Waals surface area (Å²) in [6.45, 7) is 10.2. The number of hydrogen-bond acceptors (Lipinski definition) is 3. The van der Waals surface area contributed by atoms with Crippen molar-refractivity contribution in [2.75, 3.05) is 26.7 Å². The van der Waals surface area contributed by atoms with Gasteiger partial charge in [0.25, 0.3) is 0 Å². The van der Waals surface area contributed by atoms with Gasteiger partial charge in [0.2, 0.25) is 0 Å². The van der Waals surface area contributed by atoms with Gasteiger partial charge in [0.15, 0.2) is 0 Å². The van der Waals surface area contributed by atoms with Crippen molar-refractivity contribution in [3.63, 3.8) is 0 Å². The SMILES string of the molecule is CC(C)CCN1CCC(C)N(C)C(CC#N)C1. The van der Waals surface area contributed by atoms with Gasteiger partial charge < -0.3 is 4.90 Å². The second kappa shape index (κ2) is 6.98. The number of hydrogen-bond donors (Lipinski definition) is 0. The summed E-state index contributed by atoms with van der Waals surface area (Å²) in [5.74, 6) is 0.767. The molecule has 1 saturated heterocycles. The molecule has 0 spiro atoms. The van der Waals surface area contributed by atoms with Gasteiger partial charge >= 0.3 is 0 Å². The second-order valence-electron chi connectivity index (χ2n) is 5.80. The average Bonchev–Trinajstić information content (AvgIpc) is 2.41. The van der Waals surface area contributed by atoms with Gasteiger partial charge in [-0.3, -0.25) is 4.90 Å². The summed E-state index contributed by atoms with van der Waals surface area (Å²) >= 11 is 0. The van der Waals surface area contributed by atoms with Crippen molar-refractivity contribution in [2.24, 2.45) is 5.92 Å². The smallest absolute Gasteiger partial charge is 0.0638 e. The lowest BCUT2D eigenvalue weighted by Crippen LogP contribution is -2.41. The van der Waals surface area contributed by atoms with Crippen molar-refractivity contribution >= 4 is 0 Å². The van der Waals surface area contributed by atoms with Crippen LogP contribution in [0.15, 0.2) is 0 Å². The van der Waals surface area contributed by atoms with E-state index in [1.165, 1.54) is 25.9 Å². The third-order valence-electron chi connectivity index (χ3n) is 3.95. The minimum absolute atomic E-state index is 0.407. The van der Waals surface area contributed by atoms with Crippen molar-refractivity contribution < 1.29 is 0 Å². The first kappa shape index (κ1) is 14.5. The van der Waals surface area contributed by atoms with Crippen LogP contribution < -0.4 is 0 Å². The monoisotopic (exact) mass is 237 g/mol. The molecule has 3 nitrogen and oxygen atoms in total. The third-order valence-corrected chi connectivity index (χ3v) is 3.95. The van der Waals surface area contributed by atoms with Crippen LogP contribution in [0.4, 0.5) is 0 Å². The lowest BCUT2D eigenvalue weighted by atomic mass is 10.1. The summed E-state index contributed by atoms with van der Waals surface area (Å²) in [5, 5.41) is 8.92. The Bertz CT molecular complexity index is 255. The standard InChI is InChI=1S/C14H27N3/c1-12(2)6-9-17-10-7-13(3)16(4)14(11-17)5-8-15/h12-14H,5-7,9-11H2,1-4H3. The number of nitriles is 1. The number of likely N-dealkylation sites (N-methyl/N-ethyl adjacent to an activating group) is 1. The largest absolute Gasteiger partial charge is 0.302 e. The maximum Gasteiger partial charge on any atom is 0.0638 e. The first-order valence-corrected chi connectivity index (χ1v) is 6.85. The number of nitrogens with zero attached hydrogens (tertiary/aromatic N) is 3. The Morgan fingerprint density at radius 2 is 2.12 bits per heavy atom. The summed E-state index contributed by atoms with van der Waals surface area (Å²) in [6.07, 6.45) is 3.13. The van der Waals surface area contributed by atoms with Crippen LogP contribution in [-0.2, 0) is 0 Å². The molecule has 3 heteroatoms. The molecule has 1 aliphatic heterocycles. The lowest BCUT2D eigenvalue weighted by molar-refractivity contribution is 0.175. The fourth-order valence-electron chi connectivity index (χ4n) is 2.41. The molecule has 98 valence electrons. The molecule has 0 aromatic heterocycles. The minimum atomic E-state index is 0.407. The molecule has 0 aliphatic carbocycles. The summed E-state index contributed by atoms with van der Waals surface area (Å²) < 4.78 is 0. The van der Waals surface area contributed by atoms with Crippen molar-refractivity contribution in [1.82, 2.24) is 9.80 Å². The van der Waals surface area contributed by atoms with Crippen LogP contribution in [0.5, 0.6) is 0 Å². The molecule has 0 radical (unpaired) electrons. The van der Waals surface area contributed by atoms with Crippen molar-refractivity contribution in [3.8, 4) is 6.07 Å². The van der Waals surface area contributed by atoms with Crippen LogP contribution in [0.25, 0.3) is 0 Å². The van der Waals surface area contributed by atoms with E-state index < -0.39 is 0 Å². The Morgan fingerprint density at radius 3 is 2.71 bits per heavy atom. The van der Waals surface area contributed by atoms with E-state index in [0.717, 1.165) is 12.5 Å². The summed E-state index contributed by atoms with van der Waals surface area (Å²) in [7, 11) is 2.17. The van der Waals surface area contributed by atoms with Crippen LogP contribution in [0.3, 0.4) is 0 Å². The topological polar surface area (TPSA) is 30.3 Å². The molecule has 1 fully saturated rings. The molecule has 1 aliphatic rings. The fraction of sp³-hybridized carbons (Fsp3) is 0.929. The zero-order valence-electron chi connectivity index (χ0n) is 11.8. The molecule has 0 bridgehead atoms. The average molecular weight is 237 g/mol. The van der Waals surface area contributed by atoms with Gasteiger partial charge in [-0.15, -0.1) is 0 Å². The van der Waals surface area contributed by atoms with E-state index in [1.807, 2.05) is 0 Å². The zero-order valence-corrected chi connectivity index (χ0v) is 11.8. The third kappa shape index (κ3) is 4.65. The first-order chi connectivity index (χ1) is 8.04. The van der Waals surface area contributed by atoms with E-state index in [2.05, 4.69) is 43.7 Å². The Hall–Kier alpha value is -0.590. The summed E-state index contributed by atoms with van der Waals surface area (Å²) in [6, 6.07) is 3.34. The van der Waals surface area contributed by atoms with E-state index in [0.29, 0.717) is 18.5 Å². The minimum Gasteiger partial charge on any atom is -0.302 e. The van der Waals surface area contributed by atoms with Gasteiger partial charge in [-0.25, -0.2) is 0 Å². The van der Waals surface area contributed by atoms with Gasteiger partial charge in [-0.1, -0.05) is 13.8 Å². The Balaban J connectivity index is 2.55. The van der Waals surface area contributed by atoms with E-state index >= 15 is 0 Å².